The summed E-state index contributed by atoms with van der Waals surface area (Å²) in [7, 11) is 0. The summed E-state index contributed by atoms with van der Waals surface area (Å²) in [5.74, 6) is -0.572. The van der Waals surface area contributed by atoms with Gasteiger partial charge in [-0.05, 0) is 58.7 Å². The average molecular weight is 418 g/mol. The number of aryl methyl sites for hydroxylation is 1. The van der Waals surface area contributed by atoms with Crippen LogP contribution in [-0.2, 0) is 0 Å². The van der Waals surface area contributed by atoms with Crippen LogP contribution in [0, 0.1) is 6.92 Å². The molecule has 0 saturated heterocycles. The summed E-state index contributed by atoms with van der Waals surface area (Å²) < 4.78 is 11.8. The van der Waals surface area contributed by atoms with Gasteiger partial charge in [0.1, 0.15) is 17.9 Å². The number of ether oxygens (including phenoxy) is 1. The quantitative estimate of drug-likeness (QED) is 0.591. The van der Waals surface area contributed by atoms with E-state index in [2.05, 4.69) is 21.2 Å². The van der Waals surface area contributed by atoms with Gasteiger partial charge in [-0.1, -0.05) is 12.1 Å². The molecule has 1 heterocycles. The molecule has 0 aliphatic rings. The number of carbonyl (C=O) groups excluding carboxylic acids is 1. The molecule has 0 saturated carbocycles. The van der Waals surface area contributed by atoms with E-state index < -0.39 is 5.97 Å². The molecule has 0 spiro atoms. The maximum atomic E-state index is 12.3. The summed E-state index contributed by atoms with van der Waals surface area (Å²) in [5.41, 5.74) is 1.86. The Balaban J connectivity index is 1.57. The molecule has 0 fully saturated rings. The van der Waals surface area contributed by atoms with E-state index in [9.17, 15) is 9.59 Å². The molecule has 0 bridgehead atoms. The second-order valence-electron chi connectivity index (χ2n) is 5.63. The van der Waals surface area contributed by atoms with Crippen LogP contribution in [0.15, 0.2) is 51.4 Å². The lowest BCUT2D eigenvalue weighted by Crippen LogP contribution is -2.28. The third-order valence-electron chi connectivity index (χ3n) is 3.83. The fourth-order valence-corrected chi connectivity index (χ4v) is 3.30. The molecule has 134 valence electrons. The second kappa shape index (κ2) is 7.61. The fourth-order valence-electron chi connectivity index (χ4n) is 2.53. The maximum absolute atomic E-state index is 12.3. The summed E-state index contributed by atoms with van der Waals surface area (Å²) >= 11 is 3.43. The van der Waals surface area contributed by atoms with Crippen molar-refractivity contribution in [2.45, 2.75) is 6.92 Å². The lowest BCUT2D eigenvalue weighted by atomic mass is 10.1. The Bertz CT molecular complexity index is 962. The molecule has 0 radical (unpaired) electrons. The van der Waals surface area contributed by atoms with Gasteiger partial charge in [0.25, 0.3) is 5.91 Å². The van der Waals surface area contributed by atoms with Crippen LogP contribution >= 0.6 is 15.9 Å². The first-order valence-corrected chi connectivity index (χ1v) is 8.68. The Labute approximate surface area is 157 Å². The van der Waals surface area contributed by atoms with Gasteiger partial charge in [-0.25, -0.2) is 4.79 Å². The lowest BCUT2D eigenvalue weighted by Gasteiger charge is -2.07. The number of carboxylic acid groups (broad SMARTS) is 1. The zero-order valence-corrected chi connectivity index (χ0v) is 15.5. The maximum Gasteiger partial charge on any atom is 0.335 e. The van der Waals surface area contributed by atoms with Crippen molar-refractivity contribution >= 4 is 38.8 Å². The molecule has 2 N–H and O–H groups in total. The molecule has 0 aliphatic carbocycles. The number of aromatic carboxylic acids is 1. The van der Waals surface area contributed by atoms with Gasteiger partial charge in [-0.3, -0.25) is 4.79 Å². The van der Waals surface area contributed by atoms with Crippen molar-refractivity contribution in [1.82, 2.24) is 5.32 Å². The first-order valence-electron chi connectivity index (χ1n) is 7.89. The molecular weight excluding hydrogens is 402 g/mol. The number of benzene rings is 2. The molecular formula is C19H16BrNO5. The number of fused-ring (bicyclic) bond motifs is 1. The molecule has 6 nitrogen and oxygen atoms in total. The summed E-state index contributed by atoms with van der Waals surface area (Å²) in [6.45, 7) is 2.48. The topological polar surface area (TPSA) is 88.8 Å². The predicted molar refractivity (Wildman–Crippen MR) is 99.9 cm³/mol. The van der Waals surface area contributed by atoms with Crippen LogP contribution in [0.4, 0.5) is 0 Å². The van der Waals surface area contributed by atoms with E-state index in [1.165, 1.54) is 12.1 Å². The number of furan rings is 1. The number of hydrogen-bond donors (Lipinski definition) is 2. The van der Waals surface area contributed by atoms with Gasteiger partial charge in [0.05, 0.1) is 16.6 Å². The minimum atomic E-state index is -0.990. The van der Waals surface area contributed by atoms with Gasteiger partial charge in [0.2, 0.25) is 5.76 Å². The van der Waals surface area contributed by atoms with Crippen molar-refractivity contribution in [2.24, 2.45) is 0 Å². The van der Waals surface area contributed by atoms with Crippen LogP contribution in [0.2, 0.25) is 0 Å². The summed E-state index contributed by atoms with van der Waals surface area (Å²) in [6, 6.07) is 11.7. The Hall–Kier alpha value is -2.80. The largest absolute Gasteiger partial charge is 0.492 e. The lowest BCUT2D eigenvalue weighted by molar-refractivity contribution is 0.0696. The van der Waals surface area contributed by atoms with Gasteiger partial charge < -0.3 is 19.6 Å². The first-order chi connectivity index (χ1) is 12.5. The smallest absolute Gasteiger partial charge is 0.335 e. The van der Waals surface area contributed by atoms with Crippen LogP contribution in [0.1, 0.15) is 26.5 Å². The normalized spacial score (nSPS) is 10.7. The van der Waals surface area contributed by atoms with E-state index in [1.807, 2.05) is 25.1 Å². The number of nitrogens with one attached hydrogen (secondary N) is 1. The number of halogens is 1. The molecule has 1 aromatic heterocycles. The Morgan fingerprint density at radius 2 is 1.92 bits per heavy atom. The highest BCUT2D eigenvalue weighted by Crippen LogP contribution is 2.33. The summed E-state index contributed by atoms with van der Waals surface area (Å²) in [4.78, 5) is 23.1. The van der Waals surface area contributed by atoms with Crippen molar-refractivity contribution in [1.29, 1.82) is 0 Å². The molecule has 3 rings (SSSR count). The van der Waals surface area contributed by atoms with E-state index in [0.29, 0.717) is 15.8 Å². The highest BCUT2D eigenvalue weighted by molar-refractivity contribution is 9.10. The average Bonchev–Trinajstić information content (AvgIpc) is 2.97. The standard InChI is InChI=1S/C19H16BrNO5/c1-11-3-2-4-14-15(11)16(20)17(26-14)18(22)21-9-10-25-13-7-5-12(6-8-13)19(23)24/h2-8H,9-10H2,1H3,(H,21,22)(H,23,24). The van der Waals surface area contributed by atoms with E-state index in [4.69, 9.17) is 14.3 Å². The van der Waals surface area contributed by atoms with Crippen LogP contribution < -0.4 is 10.1 Å². The molecule has 26 heavy (non-hydrogen) atoms. The zero-order valence-electron chi connectivity index (χ0n) is 13.9. The SMILES string of the molecule is Cc1cccc2oc(C(=O)NCCOc3ccc(C(=O)O)cc3)c(Br)c12. The zero-order chi connectivity index (χ0) is 18.7. The van der Waals surface area contributed by atoms with Crippen LogP contribution in [0.25, 0.3) is 11.0 Å². The number of amides is 1. The molecule has 3 aromatic rings. The number of rotatable bonds is 6. The minimum absolute atomic E-state index is 0.190. The van der Waals surface area contributed by atoms with Gasteiger partial charge >= 0.3 is 5.97 Å². The van der Waals surface area contributed by atoms with Gasteiger partial charge in [-0.2, -0.15) is 0 Å². The molecule has 7 heteroatoms. The van der Waals surface area contributed by atoms with Gasteiger partial charge in [-0.15, -0.1) is 0 Å². The van der Waals surface area contributed by atoms with Crippen molar-refractivity contribution < 1.29 is 23.8 Å². The number of carbonyl (C=O) groups is 2. The molecule has 0 unspecified atom stereocenters. The summed E-state index contributed by atoms with van der Waals surface area (Å²) in [6.07, 6.45) is 0. The fraction of sp³-hybridized carbons (Fsp3) is 0.158. The summed E-state index contributed by atoms with van der Waals surface area (Å²) in [5, 5.41) is 12.5. The molecule has 2 aromatic carbocycles. The van der Waals surface area contributed by atoms with E-state index in [1.54, 1.807) is 12.1 Å². The molecule has 0 atom stereocenters. The van der Waals surface area contributed by atoms with Crippen molar-refractivity contribution in [3.8, 4) is 5.75 Å². The van der Waals surface area contributed by atoms with E-state index in [-0.39, 0.29) is 30.4 Å². The van der Waals surface area contributed by atoms with E-state index in [0.717, 1.165) is 10.9 Å². The van der Waals surface area contributed by atoms with Crippen molar-refractivity contribution in [3.63, 3.8) is 0 Å². The van der Waals surface area contributed by atoms with Crippen molar-refractivity contribution in [2.75, 3.05) is 13.2 Å². The first kappa shape index (κ1) is 18.0. The number of hydrogen-bond acceptors (Lipinski definition) is 4. The van der Waals surface area contributed by atoms with E-state index >= 15 is 0 Å². The van der Waals surface area contributed by atoms with Gasteiger partial charge in [0, 0.05) is 5.39 Å². The van der Waals surface area contributed by atoms with Crippen LogP contribution in [0.3, 0.4) is 0 Å². The third kappa shape index (κ3) is 3.72. The monoisotopic (exact) mass is 417 g/mol. The van der Waals surface area contributed by atoms with Gasteiger partial charge in [0.15, 0.2) is 0 Å². The molecule has 0 aliphatic heterocycles. The number of carboxylic acids is 1. The Kier molecular flexibility index (Phi) is 5.27. The van der Waals surface area contributed by atoms with Crippen LogP contribution in [0.5, 0.6) is 5.75 Å². The minimum Gasteiger partial charge on any atom is -0.492 e. The van der Waals surface area contributed by atoms with Crippen LogP contribution in [-0.4, -0.2) is 30.1 Å². The third-order valence-corrected chi connectivity index (χ3v) is 4.59. The predicted octanol–water partition coefficient (Wildman–Crippen LogP) is 4.01. The Morgan fingerprint density at radius 3 is 2.58 bits per heavy atom. The highest BCUT2D eigenvalue weighted by atomic mass is 79.9. The Morgan fingerprint density at radius 1 is 1.19 bits per heavy atom. The highest BCUT2D eigenvalue weighted by Gasteiger charge is 2.19. The van der Waals surface area contributed by atoms with Crippen molar-refractivity contribution in [3.05, 3.63) is 63.8 Å². The second-order valence-corrected chi connectivity index (χ2v) is 6.42. The molecule has 1 amide bonds.